The molecule has 4 nitrogen and oxygen atoms in total. The van der Waals surface area contributed by atoms with Gasteiger partial charge in [0.2, 0.25) is 5.91 Å². The van der Waals surface area contributed by atoms with Crippen LogP contribution in [-0.4, -0.2) is 17.0 Å². The van der Waals surface area contributed by atoms with Crippen molar-refractivity contribution >= 4 is 11.9 Å². The van der Waals surface area contributed by atoms with Gasteiger partial charge in [0.05, 0.1) is 0 Å². The Hall–Kier alpha value is -1.06. The summed E-state index contributed by atoms with van der Waals surface area (Å²) in [6, 6.07) is 0. The number of carbonyl (C=O) groups excluding carboxylic acids is 1. The predicted molar refractivity (Wildman–Crippen MR) is 58.3 cm³/mol. The highest BCUT2D eigenvalue weighted by molar-refractivity contribution is 6.00. The molecule has 4 heteroatoms. The first-order chi connectivity index (χ1) is 6.95. The number of aliphatic carboxylic acids is 1. The first-order valence-corrected chi connectivity index (χ1v) is 5.48. The first-order valence-electron chi connectivity index (χ1n) is 5.48. The second kappa shape index (κ2) is 6.43. The molecule has 1 unspecified atom stereocenters. The predicted octanol–water partition coefficient (Wildman–Crippen LogP) is 1.92. The monoisotopic (exact) mass is 215 g/mol. The van der Waals surface area contributed by atoms with E-state index >= 15 is 0 Å². The SMILES string of the molecule is CCCCCCCC(C)(C(N)=O)C(=O)O. The van der Waals surface area contributed by atoms with Crippen molar-refractivity contribution in [3.05, 3.63) is 0 Å². The number of nitrogens with two attached hydrogens (primary N) is 1. The van der Waals surface area contributed by atoms with Crippen molar-refractivity contribution in [3.63, 3.8) is 0 Å². The molecule has 0 saturated heterocycles. The minimum atomic E-state index is -1.40. The average molecular weight is 215 g/mol. The first kappa shape index (κ1) is 13.9. The summed E-state index contributed by atoms with van der Waals surface area (Å²) in [4.78, 5) is 21.9. The van der Waals surface area contributed by atoms with Crippen LogP contribution < -0.4 is 5.73 Å². The summed E-state index contributed by atoms with van der Waals surface area (Å²) in [5.74, 6) is -1.86. The van der Waals surface area contributed by atoms with Gasteiger partial charge < -0.3 is 10.8 Å². The summed E-state index contributed by atoms with van der Waals surface area (Å²) in [5, 5.41) is 8.90. The van der Waals surface area contributed by atoms with E-state index in [4.69, 9.17) is 10.8 Å². The molecule has 0 heterocycles. The Kier molecular flexibility index (Phi) is 5.97. The lowest BCUT2D eigenvalue weighted by atomic mass is 9.84. The third-order valence-electron chi connectivity index (χ3n) is 2.80. The molecule has 0 aliphatic carbocycles. The minimum Gasteiger partial charge on any atom is -0.480 e. The Morgan fingerprint density at radius 3 is 2.13 bits per heavy atom. The molecule has 88 valence electrons. The van der Waals surface area contributed by atoms with Gasteiger partial charge in [-0.25, -0.2) is 0 Å². The van der Waals surface area contributed by atoms with Gasteiger partial charge in [-0.1, -0.05) is 39.0 Å². The fourth-order valence-corrected chi connectivity index (χ4v) is 1.42. The standard InChI is InChI=1S/C11H21NO3/c1-3-4-5-6-7-8-11(2,9(12)13)10(14)15/h3-8H2,1-2H3,(H2,12,13)(H,14,15). The van der Waals surface area contributed by atoms with Gasteiger partial charge in [0, 0.05) is 0 Å². The summed E-state index contributed by atoms with van der Waals surface area (Å²) in [6.07, 6.45) is 5.43. The Labute approximate surface area is 90.8 Å². The second-order valence-corrected chi connectivity index (χ2v) is 4.17. The molecular formula is C11H21NO3. The number of carbonyl (C=O) groups is 2. The Morgan fingerprint density at radius 1 is 1.20 bits per heavy atom. The van der Waals surface area contributed by atoms with Crippen LogP contribution in [0, 0.1) is 5.41 Å². The fraction of sp³-hybridized carbons (Fsp3) is 0.818. The number of amides is 1. The van der Waals surface area contributed by atoms with Crippen LogP contribution >= 0.6 is 0 Å². The van der Waals surface area contributed by atoms with Gasteiger partial charge in [0.25, 0.3) is 0 Å². The average Bonchev–Trinajstić information content (AvgIpc) is 2.16. The van der Waals surface area contributed by atoms with Crippen molar-refractivity contribution in [2.24, 2.45) is 11.1 Å². The van der Waals surface area contributed by atoms with Gasteiger partial charge in [-0.3, -0.25) is 9.59 Å². The summed E-state index contributed by atoms with van der Waals surface area (Å²) < 4.78 is 0. The number of hydrogen-bond donors (Lipinski definition) is 2. The van der Waals surface area contributed by atoms with Crippen molar-refractivity contribution in [1.82, 2.24) is 0 Å². The molecule has 0 rings (SSSR count). The summed E-state index contributed by atoms with van der Waals surface area (Å²) >= 11 is 0. The maximum atomic E-state index is 11.0. The number of carboxylic acids is 1. The molecule has 0 spiro atoms. The molecule has 15 heavy (non-hydrogen) atoms. The van der Waals surface area contributed by atoms with Crippen LogP contribution in [0.1, 0.15) is 52.4 Å². The number of carboxylic acid groups (broad SMARTS) is 1. The molecule has 0 saturated carbocycles. The van der Waals surface area contributed by atoms with E-state index in [9.17, 15) is 9.59 Å². The Bertz CT molecular complexity index is 212. The fourth-order valence-electron chi connectivity index (χ4n) is 1.42. The van der Waals surface area contributed by atoms with Crippen LogP contribution in [0.4, 0.5) is 0 Å². The summed E-state index contributed by atoms with van der Waals surface area (Å²) in [7, 11) is 0. The van der Waals surface area contributed by atoms with Gasteiger partial charge in [-0.2, -0.15) is 0 Å². The largest absolute Gasteiger partial charge is 0.480 e. The van der Waals surface area contributed by atoms with Crippen LogP contribution in [0.15, 0.2) is 0 Å². The Morgan fingerprint density at radius 2 is 1.73 bits per heavy atom. The smallest absolute Gasteiger partial charge is 0.318 e. The molecule has 0 aromatic heterocycles. The van der Waals surface area contributed by atoms with Gasteiger partial charge in [-0.05, 0) is 13.3 Å². The van der Waals surface area contributed by atoms with E-state index in [1.54, 1.807) is 0 Å². The number of unbranched alkanes of at least 4 members (excludes halogenated alkanes) is 4. The highest BCUT2D eigenvalue weighted by Crippen LogP contribution is 2.24. The molecule has 0 aromatic carbocycles. The number of rotatable bonds is 8. The van der Waals surface area contributed by atoms with Gasteiger partial charge in [-0.15, -0.1) is 0 Å². The molecule has 0 aliphatic heterocycles. The zero-order valence-corrected chi connectivity index (χ0v) is 9.58. The van der Waals surface area contributed by atoms with Gasteiger partial charge in [0.15, 0.2) is 0 Å². The molecule has 3 N–H and O–H groups in total. The Balaban J connectivity index is 3.99. The number of primary amides is 1. The minimum absolute atomic E-state index is 0.335. The van der Waals surface area contributed by atoms with Crippen molar-refractivity contribution in [2.75, 3.05) is 0 Å². The zero-order valence-electron chi connectivity index (χ0n) is 9.58. The molecule has 1 amide bonds. The van der Waals surface area contributed by atoms with Crippen LogP contribution in [0.2, 0.25) is 0 Å². The highest BCUT2D eigenvalue weighted by Gasteiger charge is 2.38. The zero-order chi connectivity index (χ0) is 11.9. The van der Waals surface area contributed by atoms with Crippen molar-refractivity contribution in [3.8, 4) is 0 Å². The van der Waals surface area contributed by atoms with E-state index < -0.39 is 17.3 Å². The maximum absolute atomic E-state index is 11.0. The molecular weight excluding hydrogens is 194 g/mol. The van der Waals surface area contributed by atoms with Gasteiger partial charge in [0.1, 0.15) is 5.41 Å². The number of hydrogen-bond acceptors (Lipinski definition) is 2. The second-order valence-electron chi connectivity index (χ2n) is 4.17. The topological polar surface area (TPSA) is 80.4 Å². The van der Waals surface area contributed by atoms with E-state index in [0.717, 1.165) is 32.1 Å². The lowest BCUT2D eigenvalue weighted by Crippen LogP contribution is -2.41. The highest BCUT2D eigenvalue weighted by atomic mass is 16.4. The lowest BCUT2D eigenvalue weighted by molar-refractivity contribution is -0.154. The van der Waals surface area contributed by atoms with Crippen molar-refractivity contribution in [2.45, 2.75) is 52.4 Å². The third kappa shape index (κ3) is 4.32. The quantitative estimate of drug-likeness (QED) is 0.479. The molecule has 0 radical (unpaired) electrons. The van der Waals surface area contributed by atoms with Crippen LogP contribution in [0.25, 0.3) is 0 Å². The molecule has 0 aromatic rings. The van der Waals surface area contributed by atoms with E-state index in [-0.39, 0.29) is 0 Å². The van der Waals surface area contributed by atoms with Crippen LogP contribution in [-0.2, 0) is 9.59 Å². The van der Waals surface area contributed by atoms with Crippen molar-refractivity contribution < 1.29 is 14.7 Å². The maximum Gasteiger partial charge on any atom is 0.318 e. The molecule has 0 fully saturated rings. The summed E-state index contributed by atoms with van der Waals surface area (Å²) in [5.41, 5.74) is 3.70. The molecule has 0 aliphatic rings. The van der Waals surface area contributed by atoms with E-state index in [2.05, 4.69) is 6.92 Å². The lowest BCUT2D eigenvalue weighted by Gasteiger charge is -2.20. The normalized spacial score (nSPS) is 14.5. The van der Waals surface area contributed by atoms with Crippen molar-refractivity contribution in [1.29, 1.82) is 0 Å². The van der Waals surface area contributed by atoms with E-state index in [1.807, 2.05) is 0 Å². The third-order valence-corrected chi connectivity index (χ3v) is 2.80. The van der Waals surface area contributed by atoms with E-state index in [0.29, 0.717) is 6.42 Å². The molecule has 0 bridgehead atoms. The van der Waals surface area contributed by atoms with Gasteiger partial charge >= 0.3 is 5.97 Å². The summed E-state index contributed by atoms with van der Waals surface area (Å²) in [6.45, 7) is 3.52. The van der Waals surface area contributed by atoms with Crippen LogP contribution in [0.3, 0.4) is 0 Å². The molecule has 1 atom stereocenters. The van der Waals surface area contributed by atoms with Crippen LogP contribution in [0.5, 0.6) is 0 Å². The van der Waals surface area contributed by atoms with E-state index in [1.165, 1.54) is 6.92 Å².